The minimum atomic E-state index is -0.152. The fraction of sp³-hybridized carbons (Fsp3) is 0.250. The van der Waals surface area contributed by atoms with Gasteiger partial charge in [0, 0.05) is 7.11 Å². The number of ether oxygens (including phenoxy) is 1. The van der Waals surface area contributed by atoms with Crippen molar-refractivity contribution < 1.29 is 9.13 Å². The zero-order valence-corrected chi connectivity index (χ0v) is 13.8. The summed E-state index contributed by atoms with van der Waals surface area (Å²) in [5.74, 6) is -0.152. The molecule has 0 amide bonds. The number of hydrogen-bond donors (Lipinski definition) is 0. The van der Waals surface area contributed by atoms with Gasteiger partial charge in [0.15, 0.2) is 0 Å². The van der Waals surface area contributed by atoms with Crippen LogP contribution in [0, 0.1) is 5.82 Å². The number of halogens is 1. The van der Waals surface area contributed by atoms with Crippen LogP contribution in [0.5, 0.6) is 0 Å². The van der Waals surface area contributed by atoms with E-state index in [2.05, 4.69) is 30.6 Å². The number of hydrogen-bond acceptors (Lipinski definition) is 1. The van der Waals surface area contributed by atoms with Crippen molar-refractivity contribution in [3.8, 4) is 11.1 Å². The van der Waals surface area contributed by atoms with E-state index in [9.17, 15) is 4.39 Å². The molecule has 0 aliphatic rings. The van der Waals surface area contributed by atoms with Crippen molar-refractivity contribution in [2.75, 3.05) is 7.11 Å². The summed E-state index contributed by atoms with van der Waals surface area (Å²) in [6.07, 6.45) is 1.52. The molecule has 0 N–H and O–H groups in total. The average molecular weight is 308 g/mol. The molecule has 0 heterocycles. The molecule has 0 bridgehead atoms. The van der Waals surface area contributed by atoms with E-state index in [0.717, 1.165) is 28.4 Å². The molecule has 1 nitrogen and oxygen atoms in total. The Morgan fingerprint density at radius 3 is 2.05 bits per heavy atom. The van der Waals surface area contributed by atoms with E-state index < -0.39 is 0 Å². The number of rotatable bonds is 5. The Morgan fingerprint density at radius 2 is 1.50 bits per heavy atom. The molecule has 0 saturated heterocycles. The predicted molar refractivity (Wildman–Crippen MR) is 89.4 cm³/mol. The first-order chi connectivity index (χ1) is 9.69. The zero-order valence-electron chi connectivity index (χ0n) is 11.5. The van der Waals surface area contributed by atoms with Crippen molar-refractivity contribution in [3.63, 3.8) is 0 Å². The minimum absolute atomic E-state index is 0.152. The third-order valence-electron chi connectivity index (χ3n) is 3.33. The second-order valence-corrected chi connectivity index (χ2v) is 5.45. The Kier molecular flexibility index (Phi) is 5.66. The van der Waals surface area contributed by atoms with E-state index >= 15 is 0 Å². The Bertz CT molecular complexity index is 599. The molecule has 0 fully saturated rings. The molecule has 2 aromatic rings. The van der Waals surface area contributed by atoms with Gasteiger partial charge in [-0.3, -0.25) is 0 Å². The second-order valence-electron chi connectivity index (χ2n) is 4.63. The van der Waals surface area contributed by atoms with Crippen LogP contribution in [0.3, 0.4) is 0 Å². The normalized spacial score (nSPS) is 10.8. The number of benzene rings is 2. The van der Waals surface area contributed by atoms with Gasteiger partial charge < -0.3 is 4.74 Å². The molecular formula is C16H19FOP2. The molecule has 2 unspecified atom stereocenters. The van der Waals surface area contributed by atoms with Crippen LogP contribution in [0.15, 0.2) is 36.4 Å². The van der Waals surface area contributed by atoms with Gasteiger partial charge in [-0.05, 0) is 52.3 Å². The highest BCUT2D eigenvalue weighted by Crippen LogP contribution is 2.26. The van der Waals surface area contributed by atoms with Gasteiger partial charge in [-0.1, -0.05) is 24.3 Å². The first kappa shape index (κ1) is 15.6. The van der Waals surface area contributed by atoms with Crippen molar-refractivity contribution in [3.05, 3.63) is 58.9 Å². The Balaban J connectivity index is 2.42. The first-order valence-electron chi connectivity index (χ1n) is 6.49. The summed E-state index contributed by atoms with van der Waals surface area (Å²) < 4.78 is 19.1. The van der Waals surface area contributed by atoms with Gasteiger partial charge in [0.25, 0.3) is 0 Å². The van der Waals surface area contributed by atoms with E-state index in [-0.39, 0.29) is 5.82 Å². The quantitative estimate of drug-likeness (QED) is 0.744. The summed E-state index contributed by atoms with van der Waals surface area (Å²) >= 11 is 0. The third kappa shape index (κ3) is 3.44. The highest BCUT2D eigenvalue weighted by molar-refractivity contribution is 7.15. The van der Waals surface area contributed by atoms with Crippen LogP contribution < -0.4 is 0 Å². The zero-order chi connectivity index (χ0) is 14.5. The van der Waals surface area contributed by atoms with E-state index in [1.807, 2.05) is 18.2 Å². The maximum absolute atomic E-state index is 13.9. The van der Waals surface area contributed by atoms with Gasteiger partial charge in [-0.2, -0.15) is 0 Å². The van der Waals surface area contributed by atoms with E-state index in [4.69, 9.17) is 4.74 Å². The second kappa shape index (κ2) is 7.27. The summed E-state index contributed by atoms with van der Waals surface area (Å²) in [6, 6.07) is 11.6. The monoisotopic (exact) mass is 308 g/mol. The average Bonchev–Trinajstić information content (AvgIpc) is 2.47. The Hall–Kier alpha value is -0.810. The highest BCUT2D eigenvalue weighted by Gasteiger charge is 2.07. The van der Waals surface area contributed by atoms with Crippen LogP contribution in [0.25, 0.3) is 11.1 Å². The summed E-state index contributed by atoms with van der Waals surface area (Å²) in [5, 5.41) is 0. The van der Waals surface area contributed by atoms with Crippen LogP contribution in [-0.4, -0.2) is 7.11 Å². The molecule has 0 aliphatic heterocycles. The molecule has 0 aliphatic carbocycles. The smallest absolute Gasteiger partial charge is 0.127 e. The lowest BCUT2D eigenvalue weighted by atomic mass is 9.99. The molecule has 0 saturated carbocycles. The lowest BCUT2D eigenvalue weighted by molar-refractivity contribution is 0.184. The molecule has 20 heavy (non-hydrogen) atoms. The molecule has 106 valence electrons. The first-order valence-corrected chi connectivity index (χ1v) is 8.12. The molecule has 0 radical (unpaired) electrons. The van der Waals surface area contributed by atoms with Crippen LogP contribution in [0.1, 0.15) is 16.7 Å². The fourth-order valence-corrected chi connectivity index (χ4v) is 2.92. The third-order valence-corrected chi connectivity index (χ3v) is 4.21. The van der Waals surface area contributed by atoms with Gasteiger partial charge >= 0.3 is 0 Å². The van der Waals surface area contributed by atoms with Crippen LogP contribution in [0.2, 0.25) is 0 Å². The molecular weight excluding hydrogens is 289 g/mol. The molecule has 0 aromatic heterocycles. The summed E-state index contributed by atoms with van der Waals surface area (Å²) in [4.78, 5) is 0. The van der Waals surface area contributed by atoms with Gasteiger partial charge in [0.2, 0.25) is 0 Å². The summed E-state index contributed by atoms with van der Waals surface area (Å²) in [7, 11) is 6.96. The largest absolute Gasteiger partial charge is 0.380 e. The molecule has 2 aromatic carbocycles. The van der Waals surface area contributed by atoms with Crippen molar-refractivity contribution in [1.29, 1.82) is 0 Å². The number of methoxy groups -OCH3 is 1. The van der Waals surface area contributed by atoms with Gasteiger partial charge in [-0.15, -0.1) is 18.5 Å². The molecule has 4 heteroatoms. The predicted octanol–water partition coefficient (Wildman–Crippen LogP) is 4.39. The molecule has 0 spiro atoms. The van der Waals surface area contributed by atoms with E-state index in [1.54, 1.807) is 13.2 Å². The van der Waals surface area contributed by atoms with Gasteiger partial charge in [0.1, 0.15) is 5.82 Å². The molecule has 2 rings (SSSR count). The molecule has 2 atom stereocenters. The van der Waals surface area contributed by atoms with Crippen molar-refractivity contribution in [2.24, 2.45) is 0 Å². The van der Waals surface area contributed by atoms with Crippen LogP contribution in [-0.2, 0) is 23.7 Å². The van der Waals surface area contributed by atoms with Crippen molar-refractivity contribution in [2.45, 2.75) is 18.9 Å². The lowest BCUT2D eigenvalue weighted by Gasteiger charge is -2.11. The topological polar surface area (TPSA) is 9.23 Å². The maximum Gasteiger partial charge on any atom is 0.127 e. The van der Waals surface area contributed by atoms with Crippen molar-refractivity contribution >= 4 is 18.5 Å². The van der Waals surface area contributed by atoms with Gasteiger partial charge in [-0.25, -0.2) is 4.39 Å². The Morgan fingerprint density at radius 1 is 0.900 bits per heavy atom. The summed E-state index contributed by atoms with van der Waals surface area (Å²) in [5.41, 5.74) is 5.03. The highest BCUT2D eigenvalue weighted by atomic mass is 31.0. The van der Waals surface area contributed by atoms with Crippen LogP contribution >= 0.6 is 18.5 Å². The van der Waals surface area contributed by atoms with Crippen LogP contribution in [0.4, 0.5) is 4.39 Å². The SMILES string of the molecule is COCc1cc(-c2ccc(CP)c(F)c2)ccc1CP. The Labute approximate surface area is 124 Å². The maximum atomic E-state index is 13.9. The summed E-state index contributed by atoms with van der Waals surface area (Å²) in [6.45, 7) is 0.573. The fourth-order valence-electron chi connectivity index (χ4n) is 2.19. The van der Waals surface area contributed by atoms with E-state index in [0.29, 0.717) is 12.8 Å². The van der Waals surface area contributed by atoms with Gasteiger partial charge in [0.05, 0.1) is 6.61 Å². The lowest BCUT2D eigenvalue weighted by Crippen LogP contribution is -1.95. The minimum Gasteiger partial charge on any atom is -0.380 e. The van der Waals surface area contributed by atoms with Crippen molar-refractivity contribution in [1.82, 2.24) is 0 Å². The van der Waals surface area contributed by atoms with E-state index in [1.165, 1.54) is 5.56 Å². The standard InChI is InChI=1S/C16H19FOP2/c1-18-8-15-6-11(2-4-13(15)9-19)12-3-5-14(10-20)16(17)7-12/h2-7H,8-10,19-20H2,1H3.